The van der Waals surface area contributed by atoms with Gasteiger partial charge in [0, 0.05) is 116 Å². The van der Waals surface area contributed by atoms with Gasteiger partial charge in [-0.05, 0) is 78.8 Å². The van der Waals surface area contributed by atoms with Crippen molar-refractivity contribution < 1.29 is 24.0 Å². The Balaban J connectivity index is 0.787. The second-order valence-electron chi connectivity index (χ2n) is 17.2. The van der Waals surface area contributed by atoms with Crippen LogP contribution in [0.15, 0.2) is 48.5 Å². The Morgan fingerprint density at radius 3 is 2.45 bits per heavy atom. The van der Waals surface area contributed by atoms with Gasteiger partial charge >= 0.3 is 0 Å². The molecule has 4 aromatic rings. The first-order chi connectivity index (χ1) is 29.0. The van der Waals surface area contributed by atoms with E-state index in [2.05, 4.69) is 70.9 Å². The number of rotatable bonds is 6. The number of ketones is 1. The molecule has 5 aliphatic rings. The van der Waals surface area contributed by atoms with E-state index in [1.807, 2.05) is 23.1 Å². The van der Waals surface area contributed by atoms with Gasteiger partial charge < -0.3 is 19.7 Å². The summed E-state index contributed by atoms with van der Waals surface area (Å²) in [7, 11) is 0. The predicted molar refractivity (Wildman–Crippen MR) is 226 cm³/mol. The molecule has 5 heterocycles. The molecule has 306 valence electrons. The minimum absolute atomic E-state index is 0.0381. The van der Waals surface area contributed by atoms with Crippen LogP contribution in [0.5, 0.6) is 0 Å². The van der Waals surface area contributed by atoms with Crippen molar-refractivity contribution in [1.82, 2.24) is 25.0 Å². The Morgan fingerprint density at radius 2 is 1.72 bits per heavy atom. The molecule has 60 heavy (non-hydrogen) atoms. The summed E-state index contributed by atoms with van der Waals surface area (Å²) in [5.41, 5.74) is 8.79. The van der Waals surface area contributed by atoms with Crippen molar-refractivity contribution in [3.05, 3.63) is 98.7 Å². The molecule has 1 aliphatic carbocycles. The van der Waals surface area contributed by atoms with E-state index >= 15 is 0 Å². The topological polar surface area (TPSA) is 150 Å². The van der Waals surface area contributed by atoms with Crippen LogP contribution < -0.4 is 10.2 Å². The van der Waals surface area contributed by atoms with Crippen molar-refractivity contribution in [1.29, 1.82) is 5.26 Å². The fraction of sp³-hybridized carbons (Fsp3) is 0.417. The molecule has 1 unspecified atom stereocenters. The monoisotopic (exact) mass is 803 g/mol. The third-order valence-electron chi connectivity index (χ3n) is 13.6. The Hall–Kier alpha value is -6.24. The molecule has 4 aliphatic heterocycles. The molecule has 0 bridgehead atoms. The van der Waals surface area contributed by atoms with Gasteiger partial charge in [0.2, 0.25) is 17.7 Å². The van der Waals surface area contributed by atoms with Crippen molar-refractivity contribution in [3.63, 3.8) is 0 Å². The number of anilines is 1. The summed E-state index contributed by atoms with van der Waals surface area (Å²) >= 11 is 0. The molecule has 0 spiro atoms. The SMILES string of the molecule is CCc1cc2c(cc1N1CCC(N3CCN(C(=O)CCC#Cc4cccc5c4CN(C4CCC(=O)NC4=O)C5=O)CC3)CC1)C(C)(C)c1[nH]c3cc(C#N)ccc3c1C2=O. The Labute approximate surface area is 349 Å². The lowest BCUT2D eigenvalue weighted by atomic mass is 9.70. The average molecular weight is 804 g/mol. The summed E-state index contributed by atoms with van der Waals surface area (Å²) in [5, 5.41) is 12.7. The lowest BCUT2D eigenvalue weighted by molar-refractivity contribution is -0.137. The molecule has 2 N–H and O–H groups in total. The number of aryl methyl sites for hydroxylation is 1. The largest absolute Gasteiger partial charge is 0.371 e. The molecule has 3 fully saturated rings. The highest BCUT2D eigenvalue weighted by Gasteiger charge is 2.42. The summed E-state index contributed by atoms with van der Waals surface area (Å²) in [6.07, 6.45) is 4.13. The zero-order valence-corrected chi connectivity index (χ0v) is 34.5. The smallest absolute Gasteiger partial charge is 0.255 e. The van der Waals surface area contributed by atoms with Gasteiger partial charge in [-0.25, -0.2) is 0 Å². The van der Waals surface area contributed by atoms with Crippen LogP contribution in [-0.2, 0) is 32.8 Å². The van der Waals surface area contributed by atoms with Gasteiger partial charge in [0.05, 0.1) is 17.2 Å². The summed E-state index contributed by atoms with van der Waals surface area (Å²) < 4.78 is 0. The number of carbonyl (C=O) groups excluding carboxylic acids is 5. The van der Waals surface area contributed by atoms with Crippen LogP contribution in [0.25, 0.3) is 10.9 Å². The highest BCUT2D eigenvalue weighted by atomic mass is 16.2. The van der Waals surface area contributed by atoms with Gasteiger partial charge in [-0.2, -0.15) is 5.26 Å². The van der Waals surface area contributed by atoms with Gasteiger partial charge in [-0.3, -0.25) is 34.2 Å². The number of amides is 4. The van der Waals surface area contributed by atoms with Crippen LogP contribution in [0.4, 0.5) is 5.69 Å². The first-order valence-electron chi connectivity index (χ1n) is 21.3. The third-order valence-corrected chi connectivity index (χ3v) is 13.6. The quantitative estimate of drug-likeness (QED) is 0.200. The minimum Gasteiger partial charge on any atom is -0.371 e. The Bertz CT molecular complexity index is 2590. The van der Waals surface area contributed by atoms with E-state index < -0.39 is 17.4 Å². The van der Waals surface area contributed by atoms with E-state index in [9.17, 15) is 29.2 Å². The number of carbonyl (C=O) groups is 5. The maximum absolute atomic E-state index is 14.1. The second-order valence-corrected chi connectivity index (χ2v) is 17.2. The predicted octanol–water partition coefficient (Wildman–Crippen LogP) is 5.18. The molecule has 1 atom stereocenters. The van der Waals surface area contributed by atoms with Crippen LogP contribution in [-0.4, -0.2) is 100 Å². The third kappa shape index (κ3) is 6.73. The lowest BCUT2D eigenvalue weighted by Gasteiger charge is -2.44. The molecule has 3 aromatic carbocycles. The molecule has 1 aromatic heterocycles. The second kappa shape index (κ2) is 15.4. The van der Waals surface area contributed by atoms with E-state index in [0.29, 0.717) is 55.1 Å². The number of fused-ring (bicyclic) bond motifs is 5. The highest BCUT2D eigenvalue weighted by Crippen LogP contribution is 2.46. The number of hydrogen-bond donors (Lipinski definition) is 2. The number of benzene rings is 3. The molecule has 0 saturated carbocycles. The fourth-order valence-corrected chi connectivity index (χ4v) is 10.2. The van der Waals surface area contributed by atoms with Crippen LogP contribution in [0.3, 0.4) is 0 Å². The van der Waals surface area contributed by atoms with Crippen LogP contribution in [0.1, 0.15) is 119 Å². The number of aromatic nitrogens is 1. The molecular formula is C48H49N7O5. The number of nitrogens with zero attached hydrogens (tertiary/aromatic N) is 5. The van der Waals surface area contributed by atoms with E-state index in [0.717, 1.165) is 84.3 Å². The van der Waals surface area contributed by atoms with Crippen molar-refractivity contribution in [3.8, 4) is 17.9 Å². The number of hydrogen-bond acceptors (Lipinski definition) is 8. The van der Waals surface area contributed by atoms with Crippen molar-refractivity contribution >= 4 is 46.0 Å². The average Bonchev–Trinajstić information content (AvgIpc) is 3.82. The van der Waals surface area contributed by atoms with Gasteiger partial charge in [0.1, 0.15) is 6.04 Å². The minimum atomic E-state index is -0.676. The number of aromatic amines is 1. The van der Waals surface area contributed by atoms with Gasteiger partial charge in [-0.15, -0.1) is 0 Å². The molecule has 0 radical (unpaired) electrons. The molecule has 12 heteroatoms. The number of H-pyrrole nitrogens is 1. The molecule has 9 rings (SSSR count). The van der Waals surface area contributed by atoms with Crippen molar-refractivity contribution in [2.24, 2.45) is 0 Å². The molecule has 12 nitrogen and oxygen atoms in total. The zero-order chi connectivity index (χ0) is 41.9. The summed E-state index contributed by atoms with van der Waals surface area (Å²) in [5.74, 6) is 5.49. The number of piperazine rings is 1. The normalized spacial score (nSPS) is 20.3. The fourth-order valence-electron chi connectivity index (χ4n) is 10.2. The standard InChI is InChI=1S/C48H49N7O5/c1-4-30-25-35-37(48(2,3)45-43(44(35)58)34-13-12-29(27-49)24-38(34)50-45)26-40(30)53-18-16-32(17-19-53)52-20-22-54(23-21-52)42(57)11-6-5-8-31-9-7-10-33-36(31)28-55(47(33)60)39-14-15-41(56)51-46(39)59/h7,9-10,12-13,24-26,32,39,50H,4,6,11,14-23,28H2,1-3H3,(H,51,56,59). The highest BCUT2D eigenvalue weighted by molar-refractivity contribution is 6.20. The lowest BCUT2D eigenvalue weighted by Crippen LogP contribution is -2.54. The Morgan fingerprint density at radius 1 is 0.933 bits per heavy atom. The first-order valence-corrected chi connectivity index (χ1v) is 21.3. The number of imide groups is 1. The zero-order valence-electron chi connectivity index (χ0n) is 34.5. The summed E-state index contributed by atoms with van der Waals surface area (Å²) in [4.78, 5) is 76.7. The molecule has 4 amide bonds. The summed E-state index contributed by atoms with van der Waals surface area (Å²) in [6.45, 7) is 11.7. The number of nitrogens with one attached hydrogen (secondary N) is 2. The molecular weight excluding hydrogens is 755 g/mol. The number of nitriles is 1. The summed E-state index contributed by atoms with van der Waals surface area (Å²) in [6, 6.07) is 17.3. The number of piperidine rings is 2. The maximum atomic E-state index is 14.1. The molecule has 3 saturated heterocycles. The van der Waals surface area contributed by atoms with E-state index in [4.69, 9.17) is 0 Å². The van der Waals surface area contributed by atoms with Gasteiger partial charge in [0.15, 0.2) is 5.78 Å². The van der Waals surface area contributed by atoms with Crippen LogP contribution in [0.2, 0.25) is 0 Å². The van der Waals surface area contributed by atoms with E-state index in [1.165, 1.54) is 16.2 Å². The van der Waals surface area contributed by atoms with E-state index in [1.54, 1.807) is 18.2 Å². The van der Waals surface area contributed by atoms with Gasteiger partial charge in [0.25, 0.3) is 5.91 Å². The first kappa shape index (κ1) is 39.2. The van der Waals surface area contributed by atoms with Crippen molar-refractivity contribution in [2.45, 2.75) is 89.8 Å². The Kier molecular flexibility index (Phi) is 10.1. The van der Waals surface area contributed by atoms with Crippen molar-refractivity contribution in [2.75, 3.05) is 44.2 Å². The van der Waals surface area contributed by atoms with Crippen LogP contribution >= 0.6 is 0 Å². The maximum Gasteiger partial charge on any atom is 0.255 e. The van der Waals surface area contributed by atoms with Gasteiger partial charge in [-0.1, -0.05) is 44.7 Å². The van der Waals surface area contributed by atoms with Crippen LogP contribution in [0, 0.1) is 23.2 Å². The van der Waals surface area contributed by atoms with E-state index in [-0.39, 0.29) is 36.5 Å².